The van der Waals surface area contributed by atoms with Gasteiger partial charge in [0.1, 0.15) is 12.4 Å². The summed E-state index contributed by atoms with van der Waals surface area (Å²) in [4.78, 5) is 12.2. The lowest BCUT2D eigenvalue weighted by Crippen LogP contribution is -2.20. The van der Waals surface area contributed by atoms with E-state index >= 15 is 0 Å². The topological polar surface area (TPSA) is 62.1 Å². The van der Waals surface area contributed by atoms with Crippen molar-refractivity contribution < 1.29 is 9.53 Å². The van der Waals surface area contributed by atoms with E-state index in [1.165, 1.54) is 0 Å². The molecular weight excluding hydrogens is 312 g/mol. The van der Waals surface area contributed by atoms with Crippen LogP contribution in [0.5, 0.6) is 5.75 Å². The Kier molecular flexibility index (Phi) is 5.69. The van der Waals surface area contributed by atoms with Crippen molar-refractivity contribution in [3.8, 4) is 11.8 Å². The van der Waals surface area contributed by atoms with Crippen LogP contribution >= 0.6 is 0 Å². The molecule has 0 atom stereocenters. The normalized spacial score (nSPS) is 14.0. The third-order valence-electron chi connectivity index (χ3n) is 4.53. The first-order chi connectivity index (χ1) is 12.2. The zero-order valence-electron chi connectivity index (χ0n) is 14.2. The average Bonchev–Trinajstić information content (AvgIpc) is 3.17. The molecular formula is C21H22N2O2. The fraction of sp³-hybridized carbons (Fsp3) is 0.333. The Morgan fingerprint density at radius 3 is 2.60 bits per heavy atom. The minimum Gasteiger partial charge on any atom is -0.489 e. The number of ether oxygens (including phenoxy) is 1. The lowest BCUT2D eigenvalue weighted by molar-refractivity contribution is -0.119. The van der Waals surface area contributed by atoms with Crippen molar-refractivity contribution in [1.29, 1.82) is 5.26 Å². The number of benzene rings is 2. The molecule has 1 aliphatic rings. The number of nitriles is 1. The van der Waals surface area contributed by atoms with Crippen molar-refractivity contribution in [3.05, 3.63) is 59.7 Å². The van der Waals surface area contributed by atoms with E-state index in [-0.39, 0.29) is 11.8 Å². The third-order valence-corrected chi connectivity index (χ3v) is 4.53. The van der Waals surface area contributed by atoms with Crippen molar-refractivity contribution in [1.82, 2.24) is 0 Å². The molecule has 1 fully saturated rings. The van der Waals surface area contributed by atoms with Crippen molar-refractivity contribution in [2.24, 2.45) is 5.92 Å². The fourth-order valence-corrected chi connectivity index (χ4v) is 3.13. The Morgan fingerprint density at radius 2 is 1.88 bits per heavy atom. The number of hydrogen-bond acceptors (Lipinski definition) is 3. The number of rotatable bonds is 6. The van der Waals surface area contributed by atoms with Gasteiger partial charge in [-0.1, -0.05) is 37.1 Å². The van der Waals surface area contributed by atoms with Crippen LogP contribution in [-0.4, -0.2) is 5.91 Å². The summed E-state index contributed by atoms with van der Waals surface area (Å²) in [5, 5.41) is 11.7. The van der Waals surface area contributed by atoms with Crippen molar-refractivity contribution in [2.75, 3.05) is 5.32 Å². The predicted octanol–water partition coefficient (Wildman–Crippen LogP) is 4.46. The summed E-state index contributed by atoms with van der Waals surface area (Å²) in [5.74, 6) is 1.05. The summed E-state index contributed by atoms with van der Waals surface area (Å²) in [7, 11) is 0. The second-order valence-corrected chi connectivity index (χ2v) is 6.44. The highest BCUT2D eigenvalue weighted by Gasteiger charge is 2.22. The summed E-state index contributed by atoms with van der Waals surface area (Å²) >= 11 is 0. The van der Waals surface area contributed by atoms with E-state index in [4.69, 9.17) is 10.00 Å². The molecule has 3 rings (SSSR count). The molecule has 0 radical (unpaired) electrons. The van der Waals surface area contributed by atoms with Gasteiger partial charge >= 0.3 is 0 Å². The summed E-state index contributed by atoms with van der Waals surface area (Å²) in [6.07, 6.45) is 4.70. The maximum atomic E-state index is 12.2. The summed E-state index contributed by atoms with van der Waals surface area (Å²) in [5.41, 5.74) is 2.80. The summed E-state index contributed by atoms with van der Waals surface area (Å²) in [6.45, 7) is 0.435. The van der Waals surface area contributed by atoms with Crippen LogP contribution in [0.2, 0.25) is 0 Å². The molecule has 0 spiro atoms. The van der Waals surface area contributed by atoms with Crippen LogP contribution in [0.15, 0.2) is 48.5 Å². The smallest absolute Gasteiger partial charge is 0.227 e. The monoisotopic (exact) mass is 334 g/mol. The van der Waals surface area contributed by atoms with Gasteiger partial charge in [0.05, 0.1) is 12.5 Å². The average molecular weight is 334 g/mol. The number of carbonyl (C=O) groups excluding carboxylic acids is 1. The molecule has 0 aromatic heterocycles. The lowest BCUT2D eigenvalue weighted by Gasteiger charge is -2.12. The zero-order valence-corrected chi connectivity index (χ0v) is 14.2. The van der Waals surface area contributed by atoms with Crippen LogP contribution < -0.4 is 10.1 Å². The highest BCUT2D eigenvalue weighted by Crippen LogP contribution is 2.26. The zero-order chi connectivity index (χ0) is 17.5. The summed E-state index contributed by atoms with van der Waals surface area (Å²) < 4.78 is 5.79. The molecule has 4 heteroatoms. The van der Waals surface area contributed by atoms with E-state index in [0.717, 1.165) is 48.2 Å². The molecule has 128 valence electrons. The van der Waals surface area contributed by atoms with Gasteiger partial charge in [-0.3, -0.25) is 4.79 Å². The molecule has 2 aromatic carbocycles. The van der Waals surface area contributed by atoms with E-state index in [1.54, 1.807) is 0 Å². The van der Waals surface area contributed by atoms with E-state index in [2.05, 4.69) is 11.4 Å². The van der Waals surface area contributed by atoms with Gasteiger partial charge in [-0.15, -0.1) is 0 Å². The molecule has 1 N–H and O–H groups in total. The van der Waals surface area contributed by atoms with Crippen LogP contribution in [0.3, 0.4) is 0 Å². The number of hydrogen-bond donors (Lipinski definition) is 1. The molecule has 1 amide bonds. The van der Waals surface area contributed by atoms with Gasteiger partial charge in [-0.2, -0.15) is 5.26 Å². The second kappa shape index (κ2) is 8.34. The van der Waals surface area contributed by atoms with Crippen molar-refractivity contribution in [3.63, 3.8) is 0 Å². The second-order valence-electron chi connectivity index (χ2n) is 6.44. The first kappa shape index (κ1) is 17.0. The molecule has 0 unspecified atom stereocenters. The van der Waals surface area contributed by atoms with Gasteiger partial charge in [0.2, 0.25) is 5.91 Å². The van der Waals surface area contributed by atoms with Gasteiger partial charge in [-0.25, -0.2) is 0 Å². The number of carbonyl (C=O) groups is 1. The Balaban J connectivity index is 1.56. The van der Waals surface area contributed by atoms with Gasteiger partial charge in [0.25, 0.3) is 0 Å². The molecule has 0 aliphatic heterocycles. The molecule has 0 heterocycles. The number of amides is 1. The maximum Gasteiger partial charge on any atom is 0.227 e. The third kappa shape index (κ3) is 4.84. The number of nitrogens with zero attached hydrogens (tertiary/aromatic N) is 1. The molecule has 0 bridgehead atoms. The predicted molar refractivity (Wildman–Crippen MR) is 97.1 cm³/mol. The molecule has 1 saturated carbocycles. The van der Waals surface area contributed by atoms with Gasteiger partial charge in [0.15, 0.2) is 0 Å². The lowest BCUT2D eigenvalue weighted by atomic mass is 10.1. The van der Waals surface area contributed by atoms with Gasteiger partial charge < -0.3 is 10.1 Å². The molecule has 1 aliphatic carbocycles. The van der Waals surface area contributed by atoms with E-state index in [0.29, 0.717) is 13.0 Å². The largest absolute Gasteiger partial charge is 0.489 e. The Labute approximate surface area is 148 Å². The van der Waals surface area contributed by atoms with Crippen LogP contribution in [0.25, 0.3) is 0 Å². The number of anilines is 1. The Morgan fingerprint density at radius 1 is 1.12 bits per heavy atom. The van der Waals surface area contributed by atoms with Crippen LogP contribution in [-0.2, 0) is 17.8 Å². The standard InChI is InChI=1S/C21H22N2O2/c22-13-12-16-8-10-20(11-9-16)25-15-17-4-3-7-19(14-17)23-21(24)18-5-1-2-6-18/h3-4,7-11,14,18H,1-2,5-6,12,15H2,(H,23,24). The Bertz CT molecular complexity index is 756. The van der Waals surface area contributed by atoms with Gasteiger partial charge in [-0.05, 0) is 48.2 Å². The van der Waals surface area contributed by atoms with Crippen molar-refractivity contribution in [2.45, 2.75) is 38.7 Å². The molecule has 4 nitrogen and oxygen atoms in total. The minimum atomic E-state index is 0.128. The summed E-state index contributed by atoms with van der Waals surface area (Å²) in [6, 6.07) is 17.4. The first-order valence-corrected chi connectivity index (χ1v) is 8.73. The van der Waals surface area contributed by atoms with Gasteiger partial charge in [0, 0.05) is 11.6 Å². The number of nitrogens with one attached hydrogen (secondary N) is 1. The van der Waals surface area contributed by atoms with Crippen LogP contribution in [0, 0.1) is 17.2 Å². The van der Waals surface area contributed by atoms with Crippen LogP contribution in [0.4, 0.5) is 5.69 Å². The maximum absolute atomic E-state index is 12.2. The molecule has 25 heavy (non-hydrogen) atoms. The molecule has 0 saturated heterocycles. The van der Waals surface area contributed by atoms with Crippen molar-refractivity contribution >= 4 is 11.6 Å². The fourth-order valence-electron chi connectivity index (χ4n) is 3.13. The van der Waals surface area contributed by atoms with E-state index < -0.39 is 0 Å². The van der Waals surface area contributed by atoms with E-state index in [1.807, 2.05) is 48.5 Å². The SMILES string of the molecule is N#CCc1ccc(OCc2cccc(NC(=O)C3CCCC3)c2)cc1. The minimum absolute atomic E-state index is 0.128. The Hall–Kier alpha value is -2.80. The van der Waals surface area contributed by atoms with E-state index in [9.17, 15) is 4.79 Å². The quantitative estimate of drug-likeness (QED) is 0.848. The first-order valence-electron chi connectivity index (χ1n) is 8.73. The van der Waals surface area contributed by atoms with Crippen LogP contribution in [0.1, 0.15) is 36.8 Å². The molecule has 2 aromatic rings. The highest BCUT2D eigenvalue weighted by atomic mass is 16.5. The highest BCUT2D eigenvalue weighted by molar-refractivity contribution is 5.92.